The minimum Gasteiger partial charge on any atom is -0.425 e. The van der Waals surface area contributed by atoms with Crippen LogP contribution < -0.4 is 5.32 Å². The SMILES string of the molecule is CNCCCc1nnc(Cc2cccc(F)c2F)o1. The number of nitrogens with one attached hydrogen (secondary N) is 1. The number of hydrogen-bond acceptors (Lipinski definition) is 4. The van der Waals surface area contributed by atoms with Gasteiger partial charge in [-0.2, -0.15) is 0 Å². The highest BCUT2D eigenvalue weighted by Crippen LogP contribution is 2.15. The molecule has 0 radical (unpaired) electrons. The summed E-state index contributed by atoms with van der Waals surface area (Å²) in [7, 11) is 1.87. The van der Waals surface area contributed by atoms with Gasteiger partial charge in [0.25, 0.3) is 0 Å². The smallest absolute Gasteiger partial charge is 0.221 e. The average Bonchev–Trinajstić information content (AvgIpc) is 2.83. The zero-order valence-corrected chi connectivity index (χ0v) is 10.6. The third-order valence-electron chi connectivity index (χ3n) is 2.70. The molecule has 2 rings (SSSR count). The minimum atomic E-state index is -0.869. The predicted octanol–water partition coefficient (Wildman–Crippen LogP) is 2.09. The lowest BCUT2D eigenvalue weighted by Gasteiger charge is -2.00. The van der Waals surface area contributed by atoms with Crippen molar-refractivity contribution in [2.75, 3.05) is 13.6 Å². The Bertz CT molecular complexity index is 542. The number of halogens is 2. The number of hydrogen-bond donors (Lipinski definition) is 1. The molecule has 0 saturated carbocycles. The summed E-state index contributed by atoms with van der Waals surface area (Å²) in [5, 5.41) is 10.7. The molecule has 0 saturated heterocycles. The monoisotopic (exact) mass is 267 g/mol. The lowest BCUT2D eigenvalue weighted by molar-refractivity contribution is 0.444. The van der Waals surface area contributed by atoms with Crippen LogP contribution in [-0.2, 0) is 12.8 Å². The van der Waals surface area contributed by atoms with Gasteiger partial charge >= 0.3 is 0 Å². The molecule has 0 aliphatic heterocycles. The largest absolute Gasteiger partial charge is 0.425 e. The second kappa shape index (κ2) is 6.38. The minimum absolute atomic E-state index is 0.0998. The van der Waals surface area contributed by atoms with E-state index < -0.39 is 11.6 Å². The molecule has 0 aliphatic rings. The molecule has 1 aromatic heterocycles. The molecule has 1 aromatic carbocycles. The van der Waals surface area contributed by atoms with Crippen molar-refractivity contribution in [3.63, 3.8) is 0 Å². The van der Waals surface area contributed by atoms with Gasteiger partial charge in [-0.3, -0.25) is 0 Å². The first-order valence-electron chi connectivity index (χ1n) is 6.09. The van der Waals surface area contributed by atoms with Crippen LogP contribution in [0.1, 0.15) is 23.8 Å². The maximum atomic E-state index is 13.5. The van der Waals surface area contributed by atoms with Crippen molar-refractivity contribution in [2.45, 2.75) is 19.3 Å². The summed E-state index contributed by atoms with van der Waals surface area (Å²) in [6.07, 6.45) is 1.65. The van der Waals surface area contributed by atoms with Gasteiger partial charge in [0.05, 0.1) is 6.42 Å². The number of benzene rings is 1. The van der Waals surface area contributed by atoms with E-state index in [0.717, 1.165) is 19.0 Å². The van der Waals surface area contributed by atoms with Crippen molar-refractivity contribution in [3.05, 3.63) is 47.2 Å². The standard InChI is InChI=1S/C13H15F2N3O/c1-16-7-3-6-11-17-18-12(19-11)8-9-4-2-5-10(14)13(9)15/h2,4-5,16H,3,6-8H2,1H3. The molecular weight excluding hydrogens is 252 g/mol. The highest BCUT2D eigenvalue weighted by molar-refractivity contribution is 5.21. The van der Waals surface area contributed by atoms with E-state index in [1.165, 1.54) is 12.1 Å². The quantitative estimate of drug-likeness (QED) is 0.814. The Labute approximate surface area is 109 Å². The fraction of sp³-hybridized carbons (Fsp3) is 0.385. The fourth-order valence-electron chi connectivity index (χ4n) is 1.73. The predicted molar refractivity (Wildman–Crippen MR) is 65.7 cm³/mol. The molecule has 0 fully saturated rings. The normalized spacial score (nSPS) is 10.9. The van der Waals surface area contributed by atoms with Crippen LogP contribution in [0.5, 0.6) is 0 Å². The highest BCUT2D eigenvalue weighted by atomic mass is 19.2. The number of rotatable bonds is 6. The summed E-state index contributed by atoms with van der Waals surface area (Å²) >= 11 is 0. The Kier molecular flexibility index (Phi) is 4.57. The summed E-state index contributed by atoms with van der Waals surface area (Å²) in [6, 6.07) is 4.04. The molecule has 0 aliphatic carbocycles. The lowest BCUT2D eigenvalue weighted by Crippen LogP contribution is -2.08. The molecule has 0 bridgehead atoms. The molecule has 0 atom stereocenters. The third-order valence-corrected chi connectivity index (χ3v) is 2.70. The van der Waals surface area contributed by atoms with Gasteiger partial charge in [-0.05, 0) is 26.1 Å². The third kappa shape index (κ3) is 3.57. The van der Waals surface area contributed by atoms with E-state index in [-0.39, 0.29) is 12.0 Å². The van der Waals surface area contributed by atoms with Crippen LogP contribution in [0.15, 0.2) is 22.6 Å². The second-order valence-corrected chi connectivity index (χ2v) is 4.19. The Morgan fingerprint density at radius 3 is 2.79 bits per heavy atom. The van der Waals surface area contributed by atoms with E-state index in [9.17, 15) is 8.78 Å². The van der Waals surface area contributed by atoms with Crippen molar-refractivity contribution >= 4 is 0 Å². The second-order valence-electron chi connectivity index (χ2n) is 4.19. The molecule has 0 unspecified atom stereocenters. The molecular formula is C13H15F2N3O. The number of nitrogens with zero attached hydrogens (tertiary/aromatic N) is 2. The van der Waals surface area contributed by atoms with Gasteiger partial charge in [0, 0.05) is 12.0 Å². The average molecular weight is 267 g/mol. The van der Waals surface area contributed by atoms with Gasteiger partial charge in [0.2, 0.25) is 11.8 Å². The van der Waals surface area contributed by atoms with Gasteiger partial charge in [-0.15, -0.1) is 10.2 Å². The first kappa shape index (κ1) is 13.6. The molecule has 102 valence electrons. The van der Waals surface area contributed by atoms with Crippen LogP contribution >= 0.6 is 0 Å². The van der Waals surface area contributed by atoms with Crippen LogP contribution in [0.25, 0.3) is 0 Å². The van der Waals surface area contributed by atoms with Crippen LogP contribution in [0.2, 0.25) is 0 Å². The molecule has 4 nitrogen and oxygen atoms in total. The van der Waals surface area contributed by atoms with E-state index in [1.807, 2.05) is 7.05 Å². The maximum Gasteiger partial charge on any atom is 0.221 e. The molecule has 0 amide bonds. The van der Waals surface area contributed by atoms with Crippen LogP contribution in [0.4, 0.5) is 8.78 Å². The van der Waals surface area contributed by atoms with E-state index in [2.05, 4.69) is 15.5 Å². The van der Waals surface area contributed by atoms with Gasteiger partial charge in [-0.25, -0.2) is 8.78 Å². The lowest BCUT2D eigenvalue weighted by atomic mass is 10.1. The zero-order valence-electron chi connectivity index (χ0n) is 10.6. The summed E-state index contributed by atoms with van der Waals surface area (Å²) < 4.78 is 31.9. The highest BCUT2D eigenvalue weighted by Gasteiger charge is 2.12. The van der Waals surface area contributed by atoms with Crippen LogP contribution in [0, 0.1) is 11.6 Å². The Balaban J connectivity index is 2.01. The molecule has 6 heteroatoms. The molecule has 1 N–H and O–H groups in total. The molecule has 0 spiro atoms. The van der Waals surface area contributed by atoms with E-state index in [0.29, 0.717) is 18.2 Å². The van der Waals surface area contributed by atoms with E-state index >= 15 is 0 Å². The van der Waals surface area contributed by atoms with E-state index in [4.69, 9.17) is 4.42 Å². The van der Waals surface area contributed by atoms with Gasteiger partial charge < -0.3 is 9.73 Å². The summed E-state index contributed by atoms with van der Waals surface area (Å²) in [6.45, 7) is 0.857. The number of aromatic nitrogens is 2. The fourth-order valence-corrected chi connectivity index (χ4v) is 1.73. The molecule has 1 heterocycles. The summed E-state index contributed by atoms with van der Waals surface area (Å²) in [5.74, 6) is -0.922. The molecule has 2 aromatic rings. The molecule has 19 heavy (non-hydrogen) atoms. The van der Waals surface area contributed by atoms with Gasteiger partial charge in [0.15, 0.2) is 11.6 Å². The van der Waals surface area contributed by atoms with Crippen molar-refractivity contribution in [1.29, 1.82) is 0 Å². The van der Waals surface area contributed by atoms with Gasteiger partial charge in [0.1, 0.15) is 0 Å². The first-order valence-corrected chi connectivity index (χ1v) is 6.09. The van der Waals surface area contributed by atoms with Crippen molar-refractivity contribution in [2.24, 2.45) is 0 Å². The Morgan fingerprint density at radius 1 is 1.21 bits per heavy atom. The van der Waals surface area contributed by atoms with Crippen LogP contribution in [0.3, 0.4) is 0 Å². The van der Waals surface area contributed by atoms with E-state index in [1.54, 1.807) is 0 Å². The Hall–Kier alpha value is -1.82. The van der Waals surface area contributed by atoms with Crippen molar-refractivity contribution < 1.29 is 13.2 Å². The first-order chi connectivity index (χ1) is 9.20. The summed E-state index contributed by atoms with van der Waals surface area (Å²) in [4.78, 5) is 0. The zero-order chi connectivity index (χ0) is 13.7. The summed E-state index contributed by atoms with van der Waals surface area (Å²) in [5.41, 5.74) is 0.213. The van der Waals surface area contributed by atoms with Gasteiger partial charge in [-0.1, -0.05) is 12.1 Å². The van der Waals surface area contributed by atoms with Crippen molar-refractivity contribution in [3.8, 4) is 0 Å². The maximum absolute atomic E-state index is 13.5. The topological polar surface area (TPSA) is 51.0 Å². The van der Waals surface area contributed by atoms with Crippen molar-refractivity contribution in [1.82, 2.24) is 15.5 Å². The number of aryl methyl sites for hydroxylation is 1. The Morgan fingerprint density at radius 2 is 2.00 bits per heavy atom. The van der Waals surface area contributed by atoms with Crippen LogP contribution in [-0.4, -0.2) is 23.8 Å².